The Morgan fingerprint density at radius 2 is 2.00 bits per heavy atom. The molecule has 21 heavy (non-hydrogen) atoms. The van der Waals surface area contributed by atoms with Crippen molar-refractivity contribution in [2.75, 3.05) is 5.32 Å². The number of carboxylic acid groups (broad SMARTS) is 1. The van der Waals surface area contributed by atoms with Gasteiger partial charge in [-0.15, -0.1) is 0 Å². The average molecular weight is 293 g/mol. The largest absolute Gasteiger partial charge is 0.481 e. The SMILES string of the molecule is CC(C)(CC(=O)c1cc2c(cc1F)NC(=O)CC2)C(=O)O. The van der Waals surface area contributed by atoms with Crippen LogP contribution in [0.15, 0.2) is 12.1 Å². The Bertz CT molecular complexity index is 637. The van der Waals surface area contributed by atoms with Crippen LogP contribution in [0.3, 0.4) is 0 Å². The summed E-state index contributed by atoms with van der Waals surface area (Å²) in [6.45, 7) is 2.84. The number of carbonyl (C=O) groups is 3. The van der Waals surface area contributed by atoms with Crippen LogP contribution in [0.2, 0.25) is 0 Å². The van der Waals surface area contributed by atoms with Crippen LogP contribution in [-0.4, -0.2) is 22.8 Å². The van der Waals surface area contributed by atoms with Gasteiger partial charge in [-0.2, -0.15) is 0 Å². The Labute approximate surface area is 121 Å². The molecule has 0 aromatic heterocycles. The summed E-state index contributed by atoms with van der Waals surface area (Å²) in [6.07, 6.45) is 0.432. The third-order valence-corrected chi connectivity index (χ3v) is 3.57. The third kappa shape index (κ3) is 3.09. The molecule has 1 aromatic rings. The van der Waals surface area contributed by atoms with Gasteiger partial charge in [-0.25, -0.2) is 4.39 Å². The highest BCUT2D eigenvalue weighted by Crippen LogP contribution is 2.29. The van der Waals surface area contributed by atoms with Crippen molar-refractivity contribution in [3.63, 3.8) is 0 Å². The first-order chi connectivity index (χ1) is 9.70. The highest BCUT2D eigenvalue weighted by molar-refractivity contribution is 6.01. The van der Waals surface area contributed by atoms with Gasteiger partial charge in [-0.1, -0.05) is 0 Å². The lowest BCUT2D eigenvalue weighted by Crippen LogP contribution is -2.27. The average Bonchev–Trinajstić information content (AvgIpc) is 2.36. The van der Waals surface area contributed by atoms with Crippen LogP contribution in [0.25, 0.3) is 0 Å². The number of aryl methyl sites for hydroxylation is 1. The number of benzene rings is 1. The van der Waals surface area contributed by atoms with Crippen LogP contribution in [0.5, 0.6) is 0 Å². The number of anilines is 1. The first-order valence-corrected chi connectivity index (χ1v) is 6.59. The molecule has 0 radical (unpaired) electrons. The standard InChI is InChI=1S/C15H16FNO4/c1-15(2,14(20)21)7-12(18)9-5-8-3-4-13(19)17-11(8)6-10(9)16/h5-6H,3-4,7H2,1-2H3,(H,17,19)(H,20,21). The molecule has 5 nitrogen and oxygen atoms in total. The minimum atomic E-state index is -1.26. The molecule has 0 spiro atoms. The van der Waals surface area contributed by atoms with Crippen molar-refractivity contribution in [3.05, 3.63) is 29.1 Å². The maximum atomic E-state index is 14.0. The van der Waals surface area contributed by atoms with Crippen LogP contribution in [-0.2, 0) is 16.0 Å². The van der Waals surface area contributed by atoms with Crippen LogP contribution < -0.4 is 5.32 Å². The van der Waals surface area contributed by atoms with E-state index in [2.05, 4.69) is 5.32 Å². The summed E-state index contributed by atoms with van der Waals surface area (Å²) < 4.78 is 14.0. The number of amides is 1. The number of hydrogen-bond acceptors (Lipinski definition) is 3. The van der Waals surface area contributed by atoms with Crippen LogP contribution in [0.4, 0.5) is 10.1 Å². The van der Waals surface area contributed by atoms with Crippen molar-refractivity contribution in [1.29, 1.82) is 0 Å². The number of aliphatic carboxylic acids is 1. The zero-order chi connectivity index (χ0) is 15.8. The number of nitrogens with one attached hydrogen (secondary N) is 1. The Morgan fingerprint density at radius 3 is 2.62 bits per heavy atom. The van der Waals surface area contributed by atoms with Crippen LogP contribution >= 0.6 is 0 Å². The summed E-state index contributed by atoms with van der Waals surface area (Å²) in [4.78, 5) is 34.4. The predicted octanol–water partition coefficient (Wildman–Crippen LogP) is 2.39. The summed E-state index contributed by atoms with van der Waals surface area (Å²) in [5, 5.41) is 11.6. The molecule has 0 bridgehead atoms. The van der Waals surface area contributed by atoms with Gasteiger partial charge in [-0.3, -0.25) is 14.4 Å². The van der Waals surface area contributed by atoms with E-state index in [1.807, 2.05) is 0 Å². The number of carbonyl (C=O) groups excluding carboxylic acids is 2. The summed E-state index contributed by atoms with van der Waals surface area (Å²) in [5.41, 5.74) is -0.322. The van der Waals surface area contributed by atoms with E-state index in [4.69, 9.17) is 5.11 Å². The zero-order valence-corrected chi connectivity index (χ0v) is 11.8. The minimum Gasteiger partial charge on any atom is -0.481 e. The molecule has 1 aromatic carbocycles. The Kier molecular flexibility index (Phi) is 3.80. The fraction of sp³-hybridized carbons (Fsp3) is 0.400. The fourth-order valence-corrected chi connectivity index (χ4v) is 2.19. The topological polar surface area (TPSA) is 83.5 Å². The van der Waals surface area contributed by atoms with Gasteiger partial charge in [0.15, 0.2) is 5.78 Å². The van der Waals surface area contributed by atoms with Gasteiger partial charge in [0.1, 0.15) is 5.82 Å². The van der Waals surface area contributed by atoms with Gasteiger partial charge >= 0.3 is 5.97 Å². The van der Waals surface area contributed by atoms with Crippen LogP contribution in [0.1, 0.15) is 42.6 Å². The van der Waals surface area contributed by atoms with Gasteiger partial charge in [0.05, 0.1) is 11.0 Å². The molecule has 1 amide bonds. The monoisotopic (exact) mass is 293 g/mol. The van der Waals surface area contributed by atoms with Crippen molar-refractivity contribution < 1.29 is 23.9 Å². The quantitative estimate of drug-likeness (QED) is 0.835. The van der Waals surface area contributed by atoms with E-state index in [0.717, 1.165) is 6.07 Å². The molecular formula is C15H16FNO4. The molecule has 0 saturated heterocycles. The summed E-state index contributed by atoms with van der Waals surface area (Å²) in [5.74, 6) is -2.60. The Hall–Kier alpha value is -2.24. The highest BCUT2D eigenvalue weighted by atomic mass is 19.1. The van der Waals surface area contributed by atoms with E-state index in [0.29, 0.717) is 17.7 Å². The first kappa shape index (κ1) is 15.2. The van der Waals surface area contributed by atoms with E-state index in [1.54, 1.807) is 0 Å². The molecule has 1 aliphatic rings. The summed E-state index contributed by atoms with van der Waals surface area (Å²) >= 11 is 0. The van der Waals surface area contributed by atoms with Crippen molar-refractivity contribution in [2.24, 2.45) is 5.41 Å². The number of Topliss-reactive ketones (excluding diaryl/α,β-unsaturated/α-hetero) is 1. The highest BCUT2D eigenvalue weighted by Gasteiger charge is 2.32. The smallest absolute Gasteiger partial charge is 0.309 e. The van der Waals surface area contributed by atoms with Gasteiger partial charge in [-0.05, 0) is 38.0 Å². The number of ketones is 1. The molecule has 0 saturated carbocycles. The number of halogens is 1. The molecule has 1 heterocycles. The van der Waals surface area contributed by atoms with Crippen molar-refractivity contribution in [2.45, 2.75) is 33.1 Å². The lowest BCUT2D eigenvalue weighted by Gasteiger charge is -2.20. The maximum absolute atomic E-state index is 14.0. The first-order valence-electron chi connectivity index (χ1n) is 6.59. The third-order valence-electron chi connectivity index (χ3n) is 3.57. The van der Waals surface area contributed by atoms with Gasteiger partial charge in [0.25, 0.3) is 0 Å². The van der Waals surface area contributed by atoms with Gasteiger partial charge < -0.3 is 10.4 Å². The second-order valence-corrected chi connectivity index (χ2v) is 5.83. The van der Waals surface area contributed by atoms with Crippen LogP contribution in [0, 0.1) is 11.2 Å². The number of carboxylic acids is 1. The van der Waals surface area contributed by atoms with E-state index in [9.17, 15) is 18.8 Å². The Balaban J connectivity index is 2.31. The van der Waals surface area contributed by atoms with Crippen molar-refractivity contribution in [3.8, 4) is 0 Å². The molecule has 0 aliphatic carbocycles. The van der Waals surface area contributed by atoms with Crippen molar-refractivity contribution >= 4 is 23.3 Å². The molecule has 1 aliphatic heterocycles. The lowest BCUT2D eigenvalue weighted by atomic mass is 9.85. The normalized spacial score (nSPS) is 14.3. The van der Waals surface area contributed by atoms with E-state index < -0.39 is 23.0 Å². The molecule has 0 atom stereocenters. The number of fused-ring (bicyclic) bond motifs is 1. The molecule has 112 valence electrons. The molecule has 0 fully saturated rings. The zero-order valence-electron chi connectivity index (χ0n) is 11.8. The minimum absolute atomic E-state index is 0.126. The maximum Gasteiger partial charge on any atom is 0.309 e. The molecule has 2 N–H and O–H groups in total. The van der Waals surface area contributed by atoms with E-state index in [-0.39, 0.29) is 24.3 Å². The molecule has 0 unspecified atom stereocenters. The molecular weight excluding hydrogens is 277 g/mol. The van der Waals surface area contributed by atoms with Gasteiger partial charge in [0.2, 0.25) is 5.91 Å². The molecule has 2 rings (SSSR count). The fourth-order valence-electron chi connectivity index (χ4n) is 2.19. The van der Waals surface area contributed by atoms with Gasteiger partial charge in [0, 0.05) is 18.5 Å². The predicted molar refractivity (Wildman–Crippen MR) is 73.7 cm³/mol. The number of hydrogen-bond donors (Lipinski definition) is 2. The second-order valence-electron chi connectivity index (χ2n) is 5.83. The van der Waals surface area contributed by atoms with E-state index >= 15 is 0 Å². The van der Waals surface area contributed by atoms with E-state index in [1.165, 1.54) is 19.9 Å². The van der Waals surface area contributed by atoms with Crippen molar-refractivity contribution in [1.82, 2.24) is 0 Å². The second kappa shape index (κ2) is 5.27. The molecule has 6 heteroatoms. The summed E-state index contributed by atoms with van der Waals surface area (Å²) in [6, 6.07) is 2.53. The Morgan fingerprint density at radius 1 is 1.33 bits per heavy atom. The summed E-state index contributed by atoms with van der Waals surface area (Å²) in [7, 11) is 0. The number of rotatable bonds is 4. The lowest BCUT2D eigenvalue weighted by molar-refractivity contribution is -0.146.